The standard InChI is InChI=1S/C16H16N4O3/c1-19(2)13-6-9(7-17)5-10-11(13)8-20(16(10)23)12-3-4-14(21)18-15(12)22/h5-6,12H,3-4,8H2,1-2H3,(H,18,21,22). The average Bonchev–Trinajstić information content (AvgIpc) is 2.83. The van der Waals surface area contributed by atoms with Gasteiger partial charge in [-0.15, -0.1) is 0 Å². The minimum Gasteiger partial charge on any atom is -0.377 e. The average molecular weight is 312 g/mol. The van der Waals surface area contributed by atoms with Gasteiger partial charge >= 0.3 is 0 Å². The molecule has 0 spiro atoms. The highest BCUT2D eigenvalue weighted by Gasteiger charge is 2.40. The Hall–Kier alpha value is -2.88. The van der Waals surface area contributed by atoms with Crippen molar-refractivity contribution in [1.82, 2.24) is 10.2 Å². The molecule has 2 heterocycles. The Labute approximate surface area is 133 Å². The van der Waals surface area contributed by atoms with Gasteiger partial charge in [0.2, 0.25) is 11.8 Å². The van der Waals surface area contributed by atoms with Gasteiger partial charge in [0.25, 0.3) is 5.91 Å². The van der Waals surface area contributed by atoms with Crippen molar-refractivity contribution in [2.45, 2.75) is 25.4 Å². The van der Waals surface area contributed by atoms with Gasteiger partial charge in [0, 0.05) is 43.9 Å². The van der Waals surface area contributed by atoms with Gasteiger partial charge in [-0.2, -0.15) is 5.26 Å². The zero-order chi connectivity index (χ0) is 16.7. The van der Waals surface area contributed by atoms with Crippen LogP contribution in [0.5, 0.6) is 0 Å². The first-order valence-electron chi connectivity index (χ1n) is 7.31. The minimum atomic E-state index is -0.645. The summed E-state index contributed by atoms with van der Waals surface area (Å²) >= 11 is 0. The van der Waals surface area contributed by atoms with Crippen molar-refractivity contribution < 1.29 is 14.4 Å². The molecule has 0 aliphatic carbocycles. The summed E-state index contributed by atoms with van der Waals surface area (Å²) in [6.45, 7) is 0.305. The summed E-state index contributed by atoms with van der Waals surface area (Å²) in [4.78, 5) is 39.4. The third-order valence-electron chi connectivity index (χ3n) is 4.24. The van der Waals surface area contributed by atoms with Crippen LogP contribution in [0.4, 0.5) is 5.69 Å². The van der Waals surface area contributed by atoms with Gasteiger partial charge in [-0.05, 0) is 18.6 Å². The minimum absolute atomic E-state index is 0.223. The van der Waals surface area contributed by atoms with Gasteiger partial charge in [-0.3, -0.25) is 19.7 Å². The summed E-state index contributed by atoms with van der Waals surface area (Å²) in [7, 11) is 3.69. The number of hydrogen-bond donors (Lipinski definition) is 1. The summed E-state index contributed by atoms with van der Waals surface area (Å²) in [5.41, 5.74) is 2.47. The lowest BCUT2D eigenvalue weighted by molar-refractivity contribution is -0.136. The molecule has 3 rings (SSSR count). The van der Waals surface area contributed by atoms with Crippen molar-refractivity contribution in [2.24, 2.45) is 0 Å². The SMILES string of the molecule is CN(C)c1cc(C#N)cc2c1CN(C1CCC(=O)NC1=O)C2=O. The van der Waals surface area contributed by atoms with E-state index in [-0.39, 0.29) is 18.2 Å². The van der Waals surface area contributed by atoms with E-state index in [1.54, 1.807) is 12.1 Å². The van der Waals surface area contributed by atoms with Crippen molar-refractivity contribution in [3.05, 3.63) is 28.8 Å². The maximum Gasteiger partial charge on any atom is 0.255 e. The number of nitrogens with one attached hydrogen (secondary N) is 1. The Morgan fingerprint density at radius 3 is 2.65 bits per heavy atom. The predicted octanol–water partition coefficient (Wildman–Crippen LogP) is 0.385. The maximum absolute atomic E-state index is 12.7. The van der Waals surface area contributed by atoms with Crippen LogP contribution in [0.3, 0.4) is 0 Å². The first kappa shape index (κ1) is 15.0. The normalized spacial score (nSPS) is 20.1. The van der Waals surface area contributed by atoms with E-state index in [1.165, 1.54) is 4.90 Å². The Morgan fingerprint density at radius 2 is 2.04 bits per heavy atom. The van der Waals surface area contributed by atoms with E-state index in [1.807, 2.05) is 19.0 Å². The number of carbonyl (C=O) groups excluding carboxylic acids is 3. The Morgan fingerprint density at radius 1 is 1.30 bits per heavy atom. The van der Waals surface area contributed by atoms with Gasteiger partial charge in [0.15, 0.2) is 0 Å². The van der Waals surface area contributed by atoms with Crippen LogP contribution in [-0.4, -0.2) is 42.8 Å². The molecule has 0 saturated carbocycles. The number of imide groups is 1. The van der Waals surface area contributed by atoms with Crippen LogP contribution >= 0.6 is 0 Å². The summed E-state index contributed by atoms with van der Waals surface area (Å²) in [6.07, 6.45) is 0.549. The molecular weight excluding hydrogens is 296 g/mol. The van der Waals surface area contributed by atoms with Crippen molar-refractivity contribution in [3.8, 4) is 6.07 Å². The fraction of sp³-hybridized carbons (Fsp3) is 0.375. The van der Waals surface area contributed by atoms with Crippen LogP contribution in [0.2, 0.25) is 0 Å². The third-order valence-corrected chi connectivity index (χ3v) is 4.24. The molecule has 2 aliphatic rings. The predicted molar refractivity (Wildman–Crippen MR) is 81.5 cm³/mol. The van der Waals surface area contributed by atoms with E-state index in [0.717, 1.165) is 11.3 Å². The Balaban J connectivity index is 1.99. The fourth-order valence-electron chi connectivity index (χ4n) is 3.11. The van der Waals surface area contributed by atoms with Gasteiger partial charge in [0.1, 0.15) is 6.04 Å². The van der Waals surface area contributed by atoms with Gasteiger partial charge < -0.3 is 9.80 Å². The lowest BCUT2D eigenvalue weighted by Gasteiger charge is -2.29. The second-order valence-corrected chi connectivity index (χ2v) is 5.93. The van der Waals surface area contributed by atoms with E-state index in [4.69, 9.17) is 5.26 Å². The molecule has 0 radical (unpaired) electrons. The van der Waals surface area contributed by atoms with Crippen molar-refractivity contribution >= 4 is 23.4 Å². The highest BCUT2D eigenvalue weighted by atomic mass is 16.2. The molecule has 7 nitrogen and oxygen atoms in total. The number of anilines is 1. The van der Waals surface area contributed by atoms with E-state index in [9.17, 15) is 14.4 Å². The smallest absolute Gasteiger partial charge is 0.255 e. The lowest BCUT2D eigenvalue weighted by Crippen LogP contribution is -2.52. The molecule has 118 valence electrons. The van der Waals surface area contributed by atoms with Crippen molar-refractivity contribution in [3.63, 3.8) is 0 Å². The van der Waals surface area contributed by atoms with Crippen LogP contribution in [0.25, 0.3) is 0 Å². The van der Waals surface area contributed by atoms with Crippen LogP contribution in [0.1, 0.15) is 34.3 Å². The number of benzene rings is 1. The molecule has 2 aliphatic heterocycles. The fourth-order valence-corrected chi connectivity index (χ4v) is 3.11. The molecule has 0 aromatic heterocycles. The molecular formula is C16H16N4O3. The molecule has 7 heteroatoms. The second-order valence-electron chi connectivity index (χ2n) is 5.93. The molecule has 1 saturated heterocycles. The van der Waals surface area contributed by atoms with Crippen LogP contribution in [0.15, 0.2) is 12.1 Å². The lowest BCUT2D eigenvalue weighted by atomic mass is 10.0. The monoisotopic (exact) mass is 312 g/mol. The summed E-state index contributed by atoms with van der Waals surface area (Å²) in [5, 5.41) is 11.4. The van der Waals surface area contributed by atoms with Crippen LogP contribution in [0, 0.1) is 11.3 Å². The number of hydrogen-bond acceptors (Lipinski definition) is 5. The summed E-state index contributed by atoms with van der Waals surface area (Å²) < 4.78 is 0. The van der Waals surface area contributed by atoms with E-state index >= 15 is 0 Å². The number of nitrogens with zero attached hydrogens (tertiary/aromatic N) is 3. The third kappa shape index (κ3) is 2.42. The number of carbonyl (C=O) groups is 3. The van der Waals surface area contributed by atoms with E-state index < -0.39 is 11.9 Å². The molecule has 3 amide bonds. The van der Waals surface area contributed by atoms with Gasteiger partial charge in [0.05, 0.1) is 11.6 Å². The molecule has 1 fully saturated rings. The molecule has 0 bridgehead atoms. The first-order valence-corrected chi connectivity index (χ1v) is 7.31. The van der Waals surface area contributed by atoms with Crippen molar-refractivity contribution in [1.29, 1.82) is 5.26 Å². The summed E-state index contributed by atoms with van der Waals surface area (Å²) in [6, 6.07) is 4.72. The van der Waals surface area contributed by atoms with E-state index in [2.05, 4.69) is 11.4 Å². The molecule has 1 N–H and O–H groups in total. The topological polar surface area (TPSA) is 93.5 Å². The largest absolute Gasteiger partial charge is 0.377 e. The van der Waals surface area contributed by atoms with E-state index in [0.29, 0.717) is 24.1 Å². The number of nitriles is 1. The molecule has 23 heavy (non-hydrogen) atoms. The first-order chi connectivity index (χ1) is 10.9. The molecule has 1 unspecified atom stereocenters. The van der Waals surface area contributed by atoms with Crippen molar-refractivity contribution in [2.75, 3.05) is 19.0 Å². The Bertz CT molecular complexity index is 763. The highest BCUT2D eigenvalue weighted by Crippen LogP contribution is 2.34. The zero-order valence-electron chi connectivity index (χ0n) is 12.9. The quantitative estimate of drug-likeness (QED) is 0.797. The molecule has 1 aromatic rings. The maximum atomic E-state index is 12.7. The van der Waals surface area contributed by atoms with Gasteiger partial charge in [-0.1, -0.05) is 0 Å². The van der Waals surface area contributed by atoms with Crippen LogP contribution in [-0.2, 0) is 16.1 Å². The zero-order valence-corrected chi connectivity index (χ0v) is 12.9. The molecule has 1 aromatic carbocycles. The van der Waals surface area contributed by atoms with Crippen LogP contribution < -0.4 is 10.2 Å². The number of piperidine rings is 1. The molecule has 1 atom stereocenters. The summed E-state index contributed by atoms with van der Waals surface area (Å²) in [5.74, 6) is -1.01. The number of rotatable bonds is 2. The van der Waals surface area contributed by atoms with Gasteiger partial charge in [-0.25, -0.2) is 0 Å². The second kappa shape index (κ2) is 5.39. The Kier molecular flexibility index (Phi) is 3.52. The highest BCUT2D eigenvalue weighted by molar-refractivity contribution is 6.06. The number of fused-ring (bicyclic) bond motifs is 1. The number of amides is 3.